The number of imide groups is 2. The minimum atomic E-state index is -0.758. The molecule has 3 rings (SSSR count). The van der Waals surface area contributed by atoms with Crippen LogP contribution >= 0.6 is 0 Å². The molecule has 0 bridgehead atoms. The fourth-order valence-corrected chi connectivity index (χ4v) is 3.34. The summed E-state index contributed by atoms with van der Waals surface area (Å²) in [5, 5.41) is 4.77. The quantitative estimate of drug-likeness (QED) is 0.738. The van der Waals surface area contributed by atoms with E-state index in [0.29, 0.717) is 12.1 Å². The second kappa shape index (κ2) is 7.18. The number of rotatable bonds is 3. The van der Waals surface area contributed by atoms with Crippen molar-refractivity contribution >= 4 is 29.7 Å². The third-order valence-electron chi connectivity index (χ3n) is 4.72. The molecule has 0 spiro atoms. The van der Waals surface area contributed by atoms with E-state index in [9.17, 15) is 24.0 Å². The van der Waals surface area contributed by atoms with E-state index in [2.05, 4.69) is 10.6 Å². The van der Waals surface area contributed by atoms with Gasteiger partial charge in [-0.15, -0.1) is 0 Å². The Morgan fingerprint density at radius 2 is 2.04 bits per heavy atom. The van der Waals surface area contributed by atoms with Crippen LogP contribution < -0.4 is 10.6 Å². The standard InChI is InChI=1S/C18H20N4O5/c1-3-19-18(27)21(2)16(25)11-6-4-5-10-9-22(17(26)14(10)11)12-7-8-13(23)20-15(12)24/h4-6,12H,3,7-9H2,1-2H3,(H,19,27)(H,20,23,24). The molecule has 2 aliphatic heterocycles. The van der Waals surface area contributed by atoms with Gasteiger partial charge < -0.3 is 10.2 Å². The molecule has 0 aromatic heterocycles. The number of carbonyl (C=O) groups excluding carboxylic acids is 5. The molecule has 2 aliphatic rings. The Balaban J connectivity index is 1.88. The molecule has 1 unspecified atom stereocenters. The Labute approximate surface area is 155 Å². The van der Waals surface area contributed by atoms with Gasteiger partial charge in [0.1, 0.15) is 6.04 Å². The van der Waals surface area contributed by atoms with Crippen LogP contribution in [0.25, 0.3) is 0 Å². The molecule has 1 aromatic carbocycles. The predicted octanol–water partition coefficient (Wildman–Crippen LogP) is 0.249. The van der Waals surface area contributed by atoms with Crippen LogP contribution in [-0.2, 0) is 16.1 Å². The van der Waals surface area contributed by atoms with Gasteiger partial charge >= 0.3 is 6.03 Å². The molecule has 1 saturated heterocycles. The maximum absolute atomic E-state index is 13.0. The molecule has 9 nitrogen and oxygen atoms in total. The molecule has 1 fully saturated rings. The Bertz CT molecular complexity index is 850. The monoisotopic (exact) mass is 372 g/mol. The number of hydrogen-bond donors (Lipinski definition) is 2. The molecule has 2 N–H and O–H groups in total. The van der Waals surface area contributed by atoms with Crippen LogP contribution in [-0.4, -0.2) is 59.1 Å². The summed E-state index contributed by atoms with van der Waals surface area (Å²) in [7, 11) is 1.34. The Morgan fingerprint density at radius 1 is 1.30 bits per heavy atom. The van der Waals surface area contributed by atoms with Crippen LogP contribution in [0, 0.1) is 0 Å². The number of urea groups is 1. The van der Waals surface area contributed by atoms with Crippen LogP contribution in [0.4, 0.5) is 4.79 Å². The highest BCUT2D eigenvalue weighted by atomic mass is 16.2. The molecule has 9 heteroatoms. The van der Waals surface area contributed by atoms with Crippen molar-refractivity contribution in [2.24, 2.45) is 0 Å². The van der Waals surface area contributed by atoms with E-state index >= 15 is 0 Å². The van der Waals surface area contributed by atoms with E-state index in [4.69, 9.17) is 0 Å². The normalized spacial score (nSPS) is 18.8. The summed E-state index contributed by atoms with van der Waals surface area (Å²) in [6.07, 6.45) is 0.398. The van der Waals surface area contributed by atoms with Crippen molar-refractivity contribution in [1.29, 1.82) is 0 Å². The first-order chi connectivity index (χ1) is 12.8. The lowest BCUT2D eigenvalue weighted by atomic mass is 10.0. The highest BCUT2D eigenvalue weighted by Gasteiger charge is 2.41. The van der Waals surface area contributed by atoms with Gasteiger partial charge in [-0.1, -0.05) is 12.1 Å². The maximum atomic E-state index is 13.0. The van der Waals surface area contributed by atoms with Gasteiger partial charge in [0, 0.05) is 26.6 Å². The largest absolute Gasteiger partial charge is 0.338 e. The molecule has 0 aliphatic carbocycles. The van der Waals surface area contributed by atoms with Gasteiger partial charge in [-0.3, -0.25) is 29.4 Å². The molecule has 1 aromatic rings. The molecule has 1 atom stereocenters. The summed E-state index contributed by atoms with van der Waals surface area (Å²) >= 11 is 0. The smallest absolute Gasteiger partial charge is 0.324 e. The van der Waals surface area contributed by atoms with Gasteiger partial charge in [-0.25, -0.2) is 4.79 Å². The van der Waals surface area contributed by atoms with Gasteiger partial charge in [0.25, 0.3) is 11.8 Å². The number of nitrogens with one attached hydrogen (secondary N) is 2. The number of fused-ring (bicyclic) bond motifs is 1. The summed E-state index contributed by atoms with van der Waals surface area (Å²) in [6, 6.07) is 3.52. The topological polar surface area (TPSA) is 116 Å². The molecular formula is C18H20N4O5. The van der Waals surface area contributed by atoms with Gasteiger partial charge in [0.2, 0.25) is 11.8 Å². The van der Waals surface area contributed by atoms with Crippen LogP contribution in [0.5, 0.6) is 0 Å². The summed E-state index contributed by atoms with van der Waals surface area (Å²) in [6.45, 7) is 2.27. The van der Waals surface area contributed by atoms with Gasteiger partial charge in [-0.05, 0) is 25.0 Å². The molecule has 6 amide bonds. The number of carbonyl (C=O) groups is 5. The Kier molecular flexibility index (Phi) is 4.93. The van der Waals surface area contributed by atoms with Crippen LogP contribution in [0.15, 0.2) is 18.2 Å². The lowest BCUT2D eigenvalue weighted by Crippen LogP contribution is -2.52. The fourth-order valence-electron chi connectivity index (χ4n) is 3.34. The van der Waals surface area contributed by atoms with Crippen molar-refractivity contribution < 1.29 is 24.0 Å². The van der Waals surface area contributed by atoms with Crippen molar-refractivity contribution in [3.63, 3.8) is 0 Å². The SMILES string of the molecule is CCNC(=O)N(C)C(=O)c1cccc2c1C(=O)N(C1CCC(=O)NC1=O)C2. The number of piperidine rings is 1. The first kappa shape index (κ1) is 18.6. The maximum Gasteiger partial charge on any atom is 0.324 e. The van der Waals surface area contributed by atoms with Crippen LogP contribution in [0.3, 0.4) is 0 Å². The third kappa shape index (κ3) is 3.27. The fraction of sp³-hybridized carbons (Fsp3) is 0.389. The van der Waals surface area contributed by atoms with Gasteiger partial charge in [0.15, 0.2) is 0 Å². The van der Waals surface area contributed by atoms with E-state index in [-0.39, 0.29) is 36.4 Å². The molecule has 0 saturated carbocycles. The van der Waals surface area contributed by atoms with Crippen molar-refractivity contribution in [2.45, 2.75) is 32.4 Å². The molecule has 2 heterocycles. The van der Waals surface area contributed by atoms with Gasteiger partial charge in [0.05, 0.1) is 11.1 Å². The molecular weight excluding hydrogens is 352 g/mol. The zero-order valence-electron chi connectivity index (χ0n) is 15.1. The number of amides is 6. The second-order valence-electron chi connectivity index (χ2n) is 6.44. The van der Waals surface area contributed by atoms with Crippen molar-refractivity contribution in [1.82, 2.24) is 20.4 Å². The number of nitrogens with zero attached hydrogens (tertiary/aromatic N) is 2. The summed E-state index contributed by atoms with van der Waals surface area (Å²) < 4.78 is 0. The van der Waals surface area contributed by atoms with E-state index in [1.54, 1.807) is 19.1 Å². The number of benzene rings is 1. The van der Waals surface area contributed by atoms with Crippen LogP contribution in [0.1, 0.15) is 46.0 Å². The van der Waals surface area contributed by atoms with E-state index in [1.807, 2.05) is 0 Å². The van der Waals surface area contributed by atoms with E-state index in [1.165, 1.54) is 18.0 Å². The number of hydrogen-bond acceptors (Lipinski definition) is 5. The zero-order valence-corrected chi connectivity index (χ0v) is 15.1. The second-order valence-corrected chi connectivity index (χ2v) is 6.44. The zero-order chi connectivity index (χ0) is 19.7. The first-order valence-corrected chi connectivity index (χ1v) is 8.67. The average Bonchev–Trinajstić information content (AvgIpc) is 2.97. The highest BCUT2D eigenvalue weighted by Crippen LogP contribution is 2.30. The Morgan fingerprint density at radius 3 is 2.70 bits per heavy atom. The average molecular weight is 372 g/mol. The van der Waals surface area contributed by atoms with Crippen LogP contribution in [0.2, 0.25) is 0 Å². The minimum absolute atomic E-state index is 0.112. The molecule has 0 radical (unpaired) electrons. The minimum Gasteiger partial charge on any atom is -0.338 e. The highest BCUT2D eigenvalue weighted by molar-refractivity contribution is 6.14. The van der Waals surface area contributed by atoms with Gasteiger partial charge in [-0.2, -0.15) is 0 Å². The van der Waals surface area contributed by atoms with Crippen molar-refractivity contribution in [2.75, 3.05) is 13.6 Å². The molecule has 142 valence electrons. The molecule has 27 heavy (non-hydrogen) atoms. The van der Waals surface area contributed by atoms with E-state index < -0.39 is 29.8 Å². The lowest BCUT2D eigenvalue weighted by molar-refractivity contribution is -0.136. The van der Waals surface area contributed by atoms with E-state index in [0.717, 1.165) is 4.90 Å². The Hall–Kier alpha value is -3.23. The predicted molar refractivity (Wildman–Crippen MR) is 93.7 cm³/mol. The summed E-state index contributed by atoms with van der Waals surface area (Å²) in [4.78, 5) is 63.4. The third-order valence-corrected chi connectivity index (χ3v) is 4.72. The first-order valence-electron chi connectivity index (χ1n) is 8.67. The lowest BCUT2D eigenvalue weighted by Gasteiger charge is -2.29. The van der Waals surface area contributed by atoms with Crippen molar-refractivity contribution in [3.05, 3.63) is 34.9 Å². The summed E-state index contributed by atoms with van der Waals surface area (Å²) in [5.74, 6) is -1.93. The van der Waals surface area contributed by atoms with Crippen molar-refractivity contribution in [3.8, 4) is 0 Å². The summed E-state index contributed by atoms with van der Waals surface area (Å²) in [5.41, 5.74) is 0.921.